The van der Waals surface area contributed by atoms with Gasteiger partial charge < -0.3 is 20.9 Å². The van der Waals surface area contributed by atoms with Gasteiger partial charge in [0.15, 0.2) is 11.5 Å². The van der Waals surface area contributed by atoms with Crippen molar-refractivity contribution in [1.29, 1.82) is 0 Å². The van der Waals surface area contributed by atoms with Gasteiger partial charge in [-0.3, -0.25) is 9.78 Å². The molecule has 2 aromatic heterocycles. The summed E-state index contributed by atoms with van der Waals surface area (Å²) in [7, 11) is 1.61. The number of fused-ring (bicyclic) bond motifs is 3. The van der Waals surface area contributed by atoms with Gasteiger partial charge in [-0.05, 0) is 55.7 Å². The lowest BCUT2D eigenvalue weighted by molar-refractivity contribution is -0.123. The van der Waals surface area contributed by atoms with Crippen LogP contribution in [-0.2, 0) is 17.6 Å². The third-order valence-corrected chi connectivity index (χ3v) is 6.57. The van der Waals surface area contributed by atoms with Crippen LogP contribution in [-0.4, -0.2) is 57.4 Å². The fraction of sp³-hybridized carbons (Fsp3) is 0.333. The largest absolute Gasteiger partial charge is 0.497 e. The summed E-state index contributed by atoms with van der Waals surface area (Å²) in [4.78, 5) is 29.6. The molecule has 1 aromatic carbocycles. The molecule has 170 valence electrons. The smallest absolute Gasteiger partial charge is 0.354 e. The number of nitrogens with two attached hydrogens (primary N) is 1. The molecule has 4 N–H and O–H groups in total. The molecule has 0 spiro atoms. The minimum atomic E-state index is -1.11. The number of benzene rings is 1. The van der Waals surface area contributed by atoms with E-state index in [9.17, 15) is 14.7 Å². The van der Waals surface area contributed by atoms with Crippen molar-refractivity contribution < 1.29 is 19.4 Å². The Hall–Kier alpha value is -3.56. The molecule has 5 rings (SSSR count). The van der Waals surface area contributed by atoms with Crippen LogP contribution in [0.25, 0.3) is 22.5 Å². The summed E-state index contributed by atoms with van der Waals surface area (Å²) in [6.07, 6.45) is 2.97. The van der Waals surface area contributed by atoms with E-state index in [0.717, 1.165) is 28.1 Å². The van der Waals surface area contributed by atoms with Gasteiger partial charge >= 0.3 is 5.97 Å². The number of carbonyl (C=O) groups is 2. The molecule has 1 atom stereocenters. The number of nitrogens with zero attached hydrogens (tertiary/aromatic N) is 3. The van der Waals surface area contributed by atoms with Crippen LogP contribution in [0, 0.1) is 0 Å². The summed E-state index contributed by atoms with van der Waals surface area (Å²) >= 11 is 0. The van der Waals surface area contributed by atoms with Crippen molar-refractivity contribution >= 4 is 11.8 Å². The highest BCUT2D eigenvalue weighted by Crippen LogP contribution is 2.39. The topological polar surface area (TPSA) is 132 Å². The molecule has 9 heteroatoms. The predicted molar refractivity (Wildman–Crippen MR) is 121 cm³/mol. The number of Topliss-reactive ketones (excluding diaryl/α,β-unsaturated/α-hetero) is 1. The van der Waals surface area contributed by atoms with Gasteiger partial charge in [0.1, 0.15) is 11.8 Å². The van der Waals surface area contributed by atoms with Crippen LogP contribution in [0.2, 0.25) is 0 Å². The number of carbonyl (C=O) groups excluding carboxylic acids is 1. The first-order valence-corrected chi connectivity index (χ1v) is 10.8. The molecule has 0 saturated carbocycles. The molecule has 1 saturated heterocycles. The van der Waals surface area contributed by atoms with E-state index in [0.29, 0.717) is 37.2 Å². The Morgan fingerprint density at radius 2 is 1.97 bits per heavy atom. The number of aromatic nitrogens is 3. The van der Waals surface area contributed by atoms with Crippen molar-refractivity contribution in [3.63, 3.8) is 0 Å². The Balaban J connectivity index is 1.65. The van der Waals surface area contributed by atoms with Crippen molar-refractivity contribution in [2.24, 2.45) is 5.73 Å². The van der Waals surface area contributed by atoms with E-state index in [2.05, 4.69) is 10.3 Å². The monoisotopic (exact) mass is 447 g/mol. The Morgan fingerprint density at radius 1 is 1.24 bits per heavy atom. The number of hydrogen-bond donors (Lipinski definition) is 3. The SMILES string of the molecule is COc1ccc(-c2cc3c(cn2)CCc2c-3nn(C(C(C)=O)C3(N)CNC3)c2C(=O)O)cc1. The number of carboxylic acid groups (broad SMARTS) is 1. The van der Waals surface area contributed by atoms with Gasteiger partial charge in [0.05, 0.1) is 24.0 Å². The van der Waals surface area contributed by atoms with Crippen molar-refractivity contribution in [2.75, 3.05) is 20.2 Å². The number of aryl methyl sites for hydroxylation is 1. The number of rotatable bonds is 6. The molecule has 0 amide bonds. The molecule has 33 heavy (non-hydrogen) atoms. The van der Waals surface area contributed by atoms with Crippen molar-refractivity contribution in [1.82, 2.24) is 20.1 Å². The minimum absolute atomic E-state index is 0.0374. The number of pyridine rings is 1. The van der Waals surface area contributed by atoms with Crippen LogP contribution in [0.5, 0.6) is 5.75 Å². The maximum absolute atomic E-state index is 12.6. The number of ether oxygens (including phenoxy) is 1. The van der Waals surface area contributed by atoms with Gasteiger partial charge in [0, 0.05) is 36.0 Å². The second kappa shape index (κ2) is 7.79. The number of hydrogen-bond acceptors (Lipinski definition) is 7. The minimum Gasteiger partial charge on any atom is -0.497 e. The predicted octanol–water partition coefficient (Wildman–Crippen LogP) is 1.85. The van der Waals surface area contributed by atoms with Crippen molar-refractivity contribution in [3.05, 3.63) is 53.3 Å². The van der Waals surface area contributed by atoms with E-state index in [4.69, 9.17) is 15.6 Å². The van der Waals surface area contributed by atoms with Gasteiger partial charge in [-0.1, -0.05) is 0 Å². The van der Waals surface area contributed by atoms with Crippen LogP contribution in [0.3, 0.4) is 0 Å². The Bertz CT molecular complexity index is 1260. The van der Waals surface area contributed by atoms with E-state index in [1.54, 1.807) is 7.11 Å². The highest BCUT2D eigenvalue weighted by molar-refractivity contribution is 5.93. The van der Waals surface area contributed by atoms with E-state index < -0.39 is 17.6 Å². The number of ketones is 1. The van der Waals surface area contributed by atoms with Gasteiger partial charge in [0.25, 0.3) is 0 Å². The maximum Gasteiger partial charge on any atom is 0.354 e. The average molecular weight is 447 g/mol. The zero-order chi connectivity index (χ0) is 23.3. The fourth-order valence-corrected chi connectivity index (χ4v) is 4.85. The Labute approximate surface area is 190 Å². The van der Waals surface area contributed by atoms with E-state index >= 15 is 0 Å². The standard InChI is InChI=1S/C24H25N5O4/c1-13(30)22(24(25)11-26-12-24)29-21(23(31)32)17-8-5-15-10-27-19(9-18(15)20(17)28-29)14-3-6-16(33-2)7-4-14/h3-4,6-7,9-10,22,26H,5,8,11-12,25H2,1-2H3,(H,31,32). The van der Waals surface area contributed by atoms with Crippen LogP contribution < -0.4 is 15.8 Å². The van der Waals surface area contributed by atoms with Gasteiger partial charge in [0.2, 0.25) is 0 Å². The second-order valence-corrected chi connectivity index (χ2v) is 8.73. The summed E-state index contributed by atoms with van der Waals surface area (Å²) in [5, 5.41) is 17.9. The van der Waals surface area contributed by atoms with Gasteiger partial charge in [-0.2, -0.15) is 5.10 Å². The lowest BCUT2D eigenvalue weighted by Gasteiger charge is -2.44. The van der Waals surface area contributed by atoms with E-state index in [1.807, 2.05) is 36.5 Å². The zero-order valence-electron chi connectivity index (χ0n) is 18.5. The molecule has 1 aliphatic carbocycles. The molecule has 1 unspecified atom stereocenters. The molecule has 2 aliphatic rings. The molecule has 9 nitrogen and oxygen atoms in total. The third-order valence-electron chi connectivity index (χ3n) is 6.57. The third kappa shape index (κ3) is 3.40. The number of nitrogens with one attached hydrogen (secondary N) is 1. The maximum atomic E-state index is 12.6. The lowest BCUT2D eigenvalue weighted by atomic mass is 9.83. The molecule has 3 heterocycles. The lowest BCUT2D eigenvalue weighted by Crippen LogP contribution is -2.71. The molecule has 1 aliphatic heterocycles. The first kappa shape index (κ1) is 21.3. The van der Waals surface area contributed by atoms with Crippen molar-refractivity contribution in [3.8, 4) is 28.3 Å². The molecular weight excluding hydrogens is 422 g/mol. The summed E-state index contributed by atoms with van der Waals surface area (Å²) in [6.45, 7) is 2.27. The zero-order valence-corrected chi connectivity index (χ0v) is 18.5. The molecule has 0 bridgehead atoms. The fourth-order valence-electron chi connectivity index (χ4n) is 4.85. The molecule has 0 radical (unpaired) electrons. The van der Waals surface area contributed by atoms with E-state index in [-0.39, 0.29) is 11.5 Å². The summed E-state index contributed by atoms with van der Waals surface area (Å²) < 4.78 is 6.58. The average Bonchev–Trinajstić information content (AvgIpc) is 3.17. The number of carboxylic acids is 1. The van der Waals surface area contributed by atoms with Crippen molar-refractivity contribution in [2.45, 2.75) is 31.3 Å². The van der Waals surface area contributed by atoms with Crippen LogP contribution in [0.15, 0.2) is 36.5 Å². The summed E-state index contributed by atoms with van der Waals surface area (Å²) in [5.74, 6) is -0.575. The number of aromatic carboxylic acids is 1. The number of methoxy groups -OCH3 is 1. The second-order valence-electron chi connectivity index (χ2n) is 8.73. The van der Waals surface area contributed by atoms with Crippen LogP contribution in [0.4, 0.5) is 0 Å². The van der Waals surface area contributed by atoms with Gasteiger partial charge in [-0.25, -0.2) is 9.48 Å². The normalized spacial score (nSPS) is 16.8. The quantitative estimate of drug-likeness (QED) is 0.522. The Morgan fingerprint density at radius 3 is 2.55 bits per heavy atom. The highest BCUT2D eigenvalue weighted by atomic mass is 16.5. The molecule has 3 aromatic rings. The molecule has 1 fully saturated rings. The summed E-state index contributed by atoms with van der Waals surface area (Å²) in [5.41, 5.74) is 10.3. The van der Waals surface area contributed by atoms with E-state index in [1.165, 1.54) is 11.6 Å². The first-order chi connectivity index (χ1) is 15.8. The van der Waals surface area contributed by atoms with Gasteiger partial charge in [-0.15, -0.1) is 0 Å². The summed E-state index contributed by atoms with van der Waals surface area (Å²) in [6, 6.07) is 8.65. The Kier molecular flexibility index (Phi) is 5.02. The first-order valence-electron chi connectivity index (χ1n) is 10.8. The van der Waals surface area contributed by atoms with Crippen LogP contribution >= 0.6 is 0 Å². The van der Waals surface area contributed by atoms with Crippen LogP contribution in [0.1, 0.15) is 34.6 Å². The molecular formula is C24H25N5O4. The highest BCUT2D eigenvalue weighted by Gasteiger charge is 2.47.